The van der Waals surface area contributed by atoms with Crippen molar-refractivity contribution in [1.82, 2.24) is 14.9 Å². The van der Waals surface area contributed by atoms with Crippen molar-refractivity contribution in [2.45, 2.75) is 18.2 Å². The Bertz CT molecular complexity index is 1080. The van der Waals surface area contributed by atoms with Crippen molar-refractivity contribution >= 4 is 44.0 Å². The van der Waals surface area contributed by atoms with Gasteiger partial charge in [0.2, 0.25) is 21.1 Å². The first-order valence-electron chi connectivity index (χ1n) is 8.29. The number of hydrogen-bond acceptors (Lipinski definition) is 6. The molecule has 2 aromatic carbocycles. The van der Waals surface area contributed by atoms with Gasteiger partial charge in [-0.1, -0.05) is 46.7 Å². The molecule has 0 radical (unpaired) electrons. The summed E-state index contributed by atoms with van der Waals surface area (Å²) in [5.74, 6) is -0.356. The van der Waals surface area contributed by atoms with Crippen LogP contribution < -0.4 is 10.0 Å². The number of aromatic nitrogens is 2. The second-order valence-electron chi connectivity index (χ2n) is 5.93. The van der Waals surface area contributed by atoms with Crippen LogP contribution in [0.15, 0.2) is 53.4 Å². The lowest BCUT2D eigenvalue weighted by molar-refractivity contribution is -0.116. The lowest BCUT2D eigenvalue weighted by atomic mass is 10.1. The Morgan fingerprint density at radius 1 is 1.14 bits per heavy atom. The number of carbonyl (C=O) groups is 1. The van der Waals surface area contributed by atoms with Crippen molar-refractivity contribution in [2.24, 2.45) is 0 Å². The van der Waals surface area contributed by atoms with Crippen molar-refractivity contribution in [3.8, 4) is 10.6 Å². The Labute approximate surface area is 171 Å². The fourth-order valence-corrected chi connectivity index (χ4v) is 4.26. The van der Waals surface area contributed by atoms with E-state index in [9.17, 15) is 13.2 Å². The van der Waals surface area contributed by atoms with E-state index in [4.69, 9.17) is 11.6 Å². The predicted octanol–water partition coefficient (Wildman–Crippen LogP) is 3.47. The van der Waals surface area contributed by atoms with Gasteiger partial charge in [-0.25, -0.2) is 13.1 Å². The third-order valence-corrected chi connectivity index (χ3v) is 6.32. The molecule has 3 aromatic rings. The molecule has 0 bridgehead atoms. The summed E-state index contributed by atoms with van der Waals surface area (Å²) < 4.78 is 26.7. The van der Waals surface area contributed by atoms with Gasteiger partial charge in [0.15, 0.2) is 0 Å². The van der Waals surface area contributed by atoms with Gasteiger partial charge in [0, 0.05) is 23.6 Å². The molecule has 1 heterocycles. The van der Waals surface area contributed by atoms with Crippen molar-refractivity contribution in [2.75, 3.05) is 11.9 Å². The van der Waals surface area contributed by atoms with Crippen LogP contribution >= 0.6 is 22.9 Å². The molecule has 0 aliphatic carbocycles. The summed E-state index contributed by atoms with van der Waals surface area (Å²) in [5.41, 5.74) is 2.03. The number of nitrogens with one attached hydrogen (secondary N) is 2. The van der Waals surface area contributed by atoms with Crippen LogP contribution in [0.4, 0.5) is 5.13 Å². The Morgan fingerprint density at radius 3 is 2.61 bits per heavy atom. The molecule has 0 fully saturated rings. The van der Waals surface area contributed by atoms with Crippen molar-refractivity contribution in [1.29, 1.82) is 0 Å². The average molecular weight is 437 g/mol. The maximum absolute atomic E-state index is 12.2. The summed E-state index contributed by atoms with van der Waals surface area (Å²) in [7, 11) is -3.70. The van der Waals surface area contributed by atoms with E-state index in [1.54, 1.807) is 0 Å². The van der Waals surface area contributed by atoms with Crippen molar-refractivity contribution < 1.29 is 13.2 Å². The quantitative estimate of drug-likeness (QED) is 0.590. The number of halogens is 1. The number of amides is 1. The summed E-state index contributed by atoms with van der Waals surface area (Å²) in [6, 6.07) is 13.6. The normalized spacial score (nSPS) is 11.4. The molecular weight excluding hydrogens is 420 g/mol. The molecule has 0 spiro atoms. The maximum atomic E-state index is 12.2. The van der Waals surface area contributed by atoms with E-state index in [1.165, 1.54) is 35.6 Å². The number of carbonyl (C=O) groups excluding carboxylic acids is 1. The zero-order valence-corrected chi connectivity index (χ0v) is 17.2. The highest BCUT2D eigenvalue weighted by Crippen LogP contribution is 2.26. The van der Waals surface area contributed by atoms with Crippen molar-refractivity contribution in [3.63, 3.8) is 0 Å². The minimum atomic E-state index is -3.70. The number of benzene rings is 2. The number of anilines is 1. The molecule has 7 nitrogen and oxygen atoms in total. The number of hydrogen-bond donors (Lipinski definition) is 2. The minimum absolute atomic E-state index is 0.0355. The summed E-state index contributed by atoms with van der Waals surface area (Å²) in [6.07, 6.45) is -0.0355. The molecule has 1 amide bonds. The van der Waals surface area contributed by atoms with E-state index in [0.29, 0.717) is 15.2 Å². The number of rotatable bonds is 7. The highest BCUT2D eigenvalue weighted by atomic mass is 35.5. The lowest BCUT2D eigenvalue weighted by Crippen LogP contribution is -2.27. The monoisotopic (exact) mass is 436 g/mol. The van der Waals surface area contributed by atoms with E-state index >= 15 is 0 Å². The molecule has 3 rings (SSSR count). The highest BCUT2D eigenvalue weighted by molar-refractivity contribution is 7.89. The van der Waals surface area contributed by atoms with Crippen LogP contribution in [0, 0.1) is 6.92 Å². The third-order valence-electron chi connectivity index (χ3n) is 3.70. The topological polar surface area (TPSA) is 101 Å². The number of aryl methyl sites for hydroxylation is 1. The van der Waals surface area contributed by atoms with Gasteiger partial charge in [-0.2, -0.15) is 0 Å². The summed E-state index contributed by atoms with van der Waals surface area (Å²) in [5, 5.41) is 12.2. The molecule has 28 heavy (non-hydrogen) atoms. The molecule has 146 valence electrons. The largest absolute Gasteiger partial charge is 0.300 e. The number of sulfonamides is 1. The molecule has 0 atom stereocenters. The Kier molecular flexibility index (Phi) is 6.40. The lowest BCUT2D eigenvalue weighted by Gasteiger charge is -2.06. The van der Waals surface area contributed by atoms with Gasteiger partial charge in [0.25, 0.3) is 0 Å². The second kappa shape index (κ2) is 8.78. The Morgan fingerprint density at radius 2 is 1.89 bits per heavy atom. The first kappa shape index (κ1) is 20.4. The maximum Gasteiger partial charge on any atom is 0.240 e. The van der Waals surface area contributed by atoms with Gasteiger partial charge in [0.1, 0.15) is 5.01 Å². The molecule has 10 heteroatoms. The SMILES string of the molecule is Cc1cccc(-c2nnc(NC(=O)CCNS(=O)(=O)c3ccc(Cl)cc3)s2)c1. The zero-order valence-electron chi connectivity index (χ0n) is 14.8. The molecule has 0 aliphatic rings. The third kappa shape index (κ3) is 5.35. The standard InChI is InChI=1S/C18H17ClN4O3S2/c1-12-3-2-4-13(11-12)17-22-23-18(27-17)21-16(24)9-10-20-28(25,26)15-7-5-14(19)6-8-15/h2-8,11,20H,9-10H2,1H3,(H,21,23,24). The molecule has 2 N–H and O–H groups in total. The second-order valence-corrected chi connectivity index (χ2v) is 9.11. The zero-order chi connectivity index (χ0) is 20.1. The van der Waals surface area contributed by atoms with Crippen LogP contribution in [-0.4, -0.2) is 31.1 Å². The van der Waals surface area contributed by atoms with Gasteiger partial charge < -0.3 is 5.32 Å². The Hall–Kier alpha value is -2.33. The Balaban J connectivity index is 1.53. The smallest absolute Gasteiger partial charge is 0.240 e. The molecule has 1 aromatic heterocycles. The fourth-order valence-electron chi connectivity index (χ4n) is 2.35. The molecule has 0 unspecified atom stereocenters. The van der Waals surface area contributed by atoms with E-state index in [2.05, 4.69) is 20.2 Å². The summed E-state index contributed by atoms with van der Waals surface area (Å²) in [4.78, 5) is 12.1. The van der Waals surface area contributed by atoms with E-state index < -0.39 is 10.0 Å². The predicted molar refractivity (Wildman–Crippen MR) is 110 cm³/mol. The molecular formula is C18H17ClN4O3S2. The molecule has 0 saturated carbocycles. The van der Waals surface area contributed by atoms with Crippen molar-refractivity contribution in [3.05, 3.63) is 59.1 Å². The van der Waals surface area contributed by atoms with Gasteiger partial charge in [-0.05, 0) is 37.3 Å². The van der Waals surface area contributed by atoms with Crippen LogP contribution in [-0.2, 0) is 14.8 Å². The highest BCUT2D eigenvalue weighted by Gasteiger charge is 2.15. The van der Waals surface area contributed by atoms with E-state index in [0.717, 1.165) is 11.1 Å². The average Bonchev–Trinajstić information content (AvgIpc) is 3.10. The van der Waals surface area contributed by atoms with Gasteiger partial charge in [0.05, 0.1) is 4.90 Å². The van der Waals surface area contributed by atoms with Gasteiger partial charge in [-0.3, -0.25) is 4.79 Å². The van der Waals surface area contributed by atoms with Crippen LogP contribution in [0.3, 0.4) is 0 Å². The first-order valence-corrected chi connectivity index (χ1v) is 11.0. The van der Waals surface area contributed by atoms with Crippen LogP contribution in [0.25, 0.3) is 10.6 Å². The van der Waals surface area contributed by atoms with E-state index in [1.807, 2.05) is 31.2 Å². The van der Waals surface area contributed by atoms with Gasteiger partial charge >= 0.3 is 0 Å². The summed E-state index contributed by atoms with van der Waals surface area (Å²) in [6.45, 7) is 1.94. The summed E-state index contributed by atoms with van der Waals surface area (Å²) >= 11 is 7.01. The van der Waals surface area contributed by atoms with Crippen LogP contribution in [0.2, 0.25) is 5.02 Å². The number of nitrogens with zero attached hydrogens (tertiary/aromatic N) is 2. The first-order chi connectivity index (χ1) is 13.3. The van der Waals surface area contributed by atoms with Crippen LogP contribution in [0.1, 0.15) is 12.0 Å². The van der Waals surface area contributed by atoms with Crippen LogP contribution in [0.5, 0.6) is 0 Å². The van der Waals surface area contributed by atoms with Gasteiger partial charge in [-0.15, -0.1) is 10.2 Å². The van der Waals surface area contributed by atoms with E-state index in [-0.39, 0.29) is 23.8 Å². The molecule has 0 aliphatic heterocycles. The minimum Gasteiger partial charge on any atom is -0.300 e. The molecule has 0 saturated heterocycles. The fraction of sp³-hybridized carbons (Fsp3) is 0.167.